The van der Waals surface area contributed by atoms with Crippen molar-refractivity contribution >= 4 is 0 Å². The van der Waals surface area contributed by atoms with Gasteiger partial charge in [0.2, 0.25) is 0 Å². The minimum atomic E-state index is 0.577. The van der Waals surface area contributed by atoms with E-state index in [4.69, 9.17) is 4.74 Å². The first-order chi connectivity index (χ1) is 9.19. The first-order valence-electron chi connectivity index (χ1n) is 7.23. The van der Waals surface area contributed by atoms with Crippen molar-refractivity contribution in [2.75, 3.05) is 40.3 Å². The second-order valence-corrected chi connectivity index (χ2v) is 6.30. The number of hydrogen-bond donors (Lipinski definition) is 0. The zero-order valence-electron chi connectivity index (χ0n) is 12.1. The molecule has 1 aromatic rings. The largest absolute Gasteiger partial charge is 0.497 e. The highest BCUT2D eigenvalue weighted by Crippen LogP contribution is 2.39. The molecule has 2 fully saturated rings. The number of methoxy groups -OCH3 is 1. The molecule has 2 heterocycles. The van der Waals surface area contributed by atoms with Crippen LogP contribution < -0.4 is 4.74 Å². The summed E-state index contributed by atoms with van der Waals surface area (Å²) in [5.41, 5.74) is 1.94. The molecule has 0 bridgehead atoms. The molecule has 2 aliphatic rings. The molecule has 104 valence electrons. The molecular weight excluding hydrogens is 236 g/mol. The fraction of sp³-hybridized carbons (Fsp3) is 0.625. The van der Waals surface area contributed by atoms with Crippen LogP contribution in [-0.2, 0) is 6.54 Å². The van der Waals surface area contributed by atoms with Crippen LogP contribution in [0.2, 0.25) is 0 Å². The first-order valence-corrected chi connectivity index (χ1v) is 7.23. The summed E-state index contributed by atoms with van der Waals surface area (Å²) in [7, 11) is 3.98. The molecule has 19 heavy (non-hydrogen) atoms. The van der Waals surface area contributed by atoms with Crippen LogP contribution in [0.3, 0.4) is 0 Å². The average molecular weight is 260 g/mol. The second kappa shape index (κ2) is 5.14. The number of rotatable bonds is 3. The molecule has 0 aliphatic carbocycles. The van der Waals surface area contributed by atoms with Gasteiger partial charge in [-0.3, -0.25) is 4.90 Å². The molecule has 3 nitrogen and oxygen atoms in total. The van der Waals surface area contributed by atoms with Gasteiger partial charge in [-0.2, -0.15) is 0 Å². The van der Waals surface area contributed by atoms with Crippen molar-refractivity contribution in [3.05, 3.63) is 29.8 Å². The lowest BCUT2D eigenvalue weighted by atomic mass is 9.86. The Bertz CT molecular complexity index is 448. The van der Waals surface area contributed by atoms with Crippen LogP contribution >= 0.6 is 0 Å². The molecule has 1 unspecified atom stereocenters. The molecule has 2 saturated heterocycles. The molecule has 0 N–H and O–H groups in total. The van der Waals surface area contributed by atoms with Gasteiger partial charge < -0.3 is 9.64 Å². The Morgan fingerprint density at radius 3 is 2.79 bits per heavy atom. The van der Waals surface area contributed by atoms with Crippen molar-refractivity contribution in [2.24, 2.45) is 5.41 Å². The first kappa shape index (κ1) is 12.9. The Kier molecular flexibility index (Phi) is 3.50. The van der Waals surface area contributed by atoms with Gasteiger partial charge >= 0.3 is 0 Å². The van der Waals surface area contributed by atoms with Gasteiger partial charge in [0.1, 0.15) is 5.75 Å². The highest BCUT2D eigenvalue weighted by atomic mass is 16.5. The SMILES string of the molecule is COc1cccc(CN2CCC3(CCN(C)C3)C2)c1. The molecule has 1 spiro atoms. The summed E-state index contributed by atoms with van der Waals surface area (Å²) < 4.78 is 5.30. The van der Waals surface area contributed by atoms with Gasteiger partial charge in [-0.05, 0) is 56.1 Å². The number of nitrogens with zero attached hydrogens (tertiary/aromatic N) is 2. The summed E-state index contributed by atoms with van der Waals surface area (Å²) in [6, 6.07) is 8.46. The maximum Gasteiger partial charge on any atom is 0.119 e. The highest BCUT2D eigenvalue weighted by molar-refractivity contribution is 5.28. The van der Waals surface area contributed by atoms with E-state index in [0.717, 1.165) is 12.3 Å². The highest BCUT2D eigenvalue weighted by Gasteiger charge is 2.42. The summed E-state index contributed by atoms with van der Waals surface area (Å²) in [6.07, 6.45) is 2.74. The van der Waals surface area contributed by atoms with E-state index in [1.165, 1.54) is 44.6 Å². The van der Waals surface area contributed by atoms with Crippen LogP contribution in [0.5, 0.6) is 5.75 Å². The maximum atomic E-state index is 5.30. The van der Waals surface area contributed by atoms with Gasteiger partial charge in [-0.25, -0.2) is 0 Å². The van der Waals surface area contributed by atoms with Gasteiger partial charge in [0.05, 0.1) is 7.11 Å². The number of likely N-dealkylation sites (tertiary alicyclic amines) is 2. The lowest BCUT2D eigenvalue weighted by Crippen LogP contribution is -2.29. The molecule has 3 rings (SSSR count). The molecule has 1 aromatic carbocycles. The standard InChI is InChI=1S/C16H24N2O/c1-17-8-6-16(12-17)7-9-18(13-16)11-14-4-3-5-15(10-14)19-2/h3-5,10H,6-9,11-13H2,1-2H3. The third-order valence-corrected chi connectivity index (χ3v) is 4.69. The Morgan fingerprint density at radius 1 is 1.21 bits per heavy atom. The topological polar surface area (TPSA) is 15.7 Å². The lowest BCUT2D eigenvalue weighted by molar-refractivity contribution is 0.250. The molecule has 2 aliphatic heterocycles. The van der Waals surface area contributed by atoms with Crippen LogP contribution in [0, 0.1) is 5.41 Å². The Balaban J connectivity index is 1.62. The average Bonchev–Trinajstić information content (AvgIpc) is 2.97. The molecule has 0 amide bonds. The van der Waals surface area contributed by atoms with Crippen molar-refractivity contribution in [2.45, 2.75) is 19.4 Å². The van der Waals surface area contributed by atoms with Crippen LogP contribution in [0.15, 0.2) is 24.3 Å². The molecular formula is C16H24N2O. The van der Waals surface area contributed by atoms with Crippen molar-refractivity contribution in [1.29, 1.82) is 0 Å². The Morgan fingerprint density at radius 2 is 2.05 bits per heavy atom. The quantitative estimate of drug-likeness (QED) is 0.829. The van der Waals surface area contributed by atoms with Crippen LogP contribution in [0.4, 0.5) is 0 Å². The molecule has 0 saturated carbocycles. The molecule has 3 heteroatoms. The fourth-order valence-electron chi connectivity index (χ4n) is 3.68. The van der Waals surface area contributed by atoms with E-state index >= 15 is 0 Å². The van der Waals surface area contributed by atoms with E-state index in [1.807, 2.05) is 6.07 Å². The smallest absolute Gasteiger partial charge is 0.119 e. The minimum Gasteiger partial charge on any atom is -0.497 e. The van der Waals surface area contributed by atoms with E-state index in [2.05, 4.69) is 35.0 Å². The maximum absolute atomic E-state index is 5.30. The van der Waals surface area contributed by atoms with Crippen molar-refractivity contribution in [3.8, 4) is 5.75 Å². The number of benzene rings is 1. The summed E-state index contributed by atoms with van der Waals surface area (Å²) in [6.45, 7) is 6.11. The predicted octanol–water partition coefficient (Wildman–Crippen LogP) is 2.22. The van der Waals surface area contributed by atoms with E-state index in [9.17, 15) is 0 Å². The zero-order chi connectivity index (χ0) is 13.3. The number of ether oxygens (including phenoxy) is 1. The van der Waals surface area contributed by atoms with Gasteiger partial charge in [-0.15, -0.1) is 0 Å². The zero-order valence-corrected chi connectivity index (χ0v) is 12.1. The van der Waals surface area contributed by atoms with Crippen LogP contribution in [-0.4, -0.2) is 50.1 Å². The van der Waals surface area contributed by atoms with Crippen LogP contribution in [0.1, 0.15) is 18.4 Å². The normalized spacial score (nSPS) is 28.3. The van der Waals surface area contributed by atoms with Gasteiger partial charge in [0.25, 0.3) is 0 Å². The Labute approximate surface area is 116 Å². The van der Waals surface area contributed by atoms with Crippen molar-refractivity contribution in [1.82, 2.24) is 9.80 Å². The van der Waals surface area contributed by atoms with Crippen molar-refractivity contribution < 1.29 is 4.74 Å². The number of hydrogen-bond acceptors (Lipinski definition) is 3. The summed E-state index contributed by atoms with van der Waals surface area (Å²) in [4.78, 5) is 5.09. The summed E-state index contributed by atoms with van der Waals surface area (Å²) in [5, 5.41) is 0. The molecule has 0 radical (unpaired) electrons. The second-order valence-electron chi connectivity index (χ2n) is 6.30. The third-order valence-electron chi connectivity index (χ3n) is 4.69. The van der Waals surface area contributed by atoms with Crippen LogP contribution in [0.25, 0.3) is 0 Å². The van der Waals surface area contributed by atoms with Gasteiger partial charge in [0, 0.05) is 19.6 Å². The van der Waals surface area contributed by atoms with E-state index in [0.29, 0.717) is 5.41 Å². The fourth-order valence-corrected chi connectivity index (χ4v) is 3.68. The molecule has 0 aromatic heterocycles. The summed E-state index contributed by atoms with van der Waals surface area (Å²) in [5.74, 6) is 0.965. The minimum absolute atomic E-state index is 0.577. The van der Waals surface area contributed by atoms with E-state index in [-0.39, 0.29) is 0 Å². The van der Waals surface area contributed by atoms with E-state index < -0.39 is 0 Å². The third kappa shape index (κ3) is 2.77. The monoisotopic (exact) mass is 260 g/mol. The van der Waals surface area contributed by atoms with E-state index in [1.54, 1.807) is 7.11 Å². The Hall–Kier alpha value is -1.06. The lowest BCUT2D eigenvalue weighted by Gasteiger charge is -2.24. The molecule has 1 atom stereocenters. The summed E-state index contributed by atoms with van der Waals surface area (Å²) >= 11 is 0. The van der Waals surface area contributed by atoms with Gasteiger partial charge in [0.15, 0.2) is 0 Å². The predicted molar refractivity (Wildman–Crippen MR) is 77.4 cm³/mol. The van der Waals surface area contributed by atoms with Gasteiger partial charge in [-0.1, -0.05) is 12.1 Å². The van der Waals surface area contributed by atoms with Crippen molar-refractivity contribution in [3.63, 3.8) is 0 Å².